The van der Waals surface area contributed by atoms with Gasteiger partial charge in [-0.15, -0.1) is 0 Å². The van der Waals surface area contributed by atoms with E-state index in [9.17, 15) is 13.2 Å². The molecule has 0 unspecified atom stereocenters. The van der Waals surface area contributed by atoms with E-state index in [1.807, 2.05) is 0 Å². The number of rotatable bonds is 4. The summed E-state index contributed by atoms with van der Waals surface area (Å²) in [6.07, 6.45) is 0. The van der Waals surface area contributed by atoms with Crippen molar-refractivity contribution in [3.8, 4) is 11.5 Å². The molecule has 0 spiro atoms. The number of carbonyl (C=O) groups excluding carboxylic acids is 1. The first kappa shape index (κ1) is 17.1. The third-order valence-corrected chi connectivity index (χ3v) is 5.17. The predicted octanol–water partition coefficient (Wildman–Crippen LogP) is 2.35. The lowest BCUT2D eigenvalue weighted by Crippen LogP contribution is -2.18. The maximum absolute atomic E-state index is 12.7. The van der Waals surface area contributed by atoms with Crippen molar-refractivity contribution < 1.29 is 27.4 Å². The Morgan fingerprint density at radius 3 is 2.56 bits per heavy atom. The molecule has 2 aromatic rings. The summed E-state index contributed by atoms with van der Waals surface area (Å²) >= 11 is 0. The molecule has 7 nitrogen and oxygen atoms in total. The van der Waals surface area contributed by atoms with Gasteiger partial charge in [0.15, 0.2) is 11.5 Å². The second kappa shape index (κ2) is 6.64. The van der Waals surface area contributed by atoms with Crippen molar-refractivity contribution in [2.75, 3.05) is 25.0 Å². The Morgan fingerprint density at radius 1 is 1.12 bits per heavy atom. The quantitative estimate of drug-likeness (QED) is 0.839. The number of carbonyl (C=O) groups is 1. The fourth-order valence-corrected chi connectivity index (χ4v) is 3.61. The smallest absolute Gasteiger partial charge is 0.338 e. The number of sulfonamides is 1. The van der Waals surface area contributed by atoms with E-state index in [1.165, 1.54) is 19.2 Å². The fraction of sp³-hybridized carbons (Fsp3) is 0.235. The van der Waals surface area contributed by atoms with Gasteiger partial charge in [-0.2, -0.15) is 0 Å². The summed E-state index contributed by atoms with van der Waals surface area (Å²) in [6.45, 7) is 2.44. The molecule has 3 rings (SSSR count). The van der Waals surface area contributed by atoms with Gasteiger partial charge in [-0.05, 0) is 36.8 Å². The molecule has 0 radical (unpaired) electrons. The van der Waals surface area contributed by atoms with Crippen LogP contribution in [0.2, 0.25) is 0 Å². The van der Waals surface area contributed by atoms with Gasteiger partial charge in [-0.3, -0.25) is 4.72 Å². The van der Waals surface area contributed by atoms with E-state index in [2.05, 4.69) is 4.72 Å². The number of benzene rings is 2. The Kier molecular flexibility index (Phi) is 4.54. The first-order valence-electron chi connectivity index (χ1n) is 7.53. The second-order valence-electron chi connectivity index (χ2n) is 5.38. The topological polar surface area (TPSA) is 90.9 Å². The summed E-state index contributed by atoms with van der Waals surface area (Å²) < 4.78 is 43.3. The molecule has 1 aliphatic rings. The molecule has 0 saturated carbocycles. The number of esters is 1. The van der Waals surface area contributed by atoms with Crippen molar-refractivity contribution in [2.45, 2.75) is 11.8 Å². The van der Waals surface area contributed by atoms with Crippen LogP contribution in [0, 0.1) is 6.92 Å². The van der Waals surface area contributed by atoms with E-state index in [-0.39, 0.29) is 4.90 Å². The first-order valence-corrected chi connectivity index (χ1v) is 9.01. The molecule has 25 heavy (non-hydrogen) atoms. The van der Waals surface area contributed by atoms with Crippen LogP contribution in [-0.4, -0.2) is 34.7 Å². The van der Waals surface area contributed by atoms with Crippen molar-refractivity contribution in [1.29, 1.82) is 0 Å². The number of hydrogen-bond donors (Lipinski definition) is 1. The molecular formula is C17H17NO6S. The van der Waals surface area contributed by atoms with Gasteiger partial charge < -0.3 is 14.2 Å². The van der Waals surface area contributed by atoms with E-state index in [1.54, 1.807) is 31.2 Å². The van der Waals surface area contributed by atoms with Crippen LogP contribution < -0.4 is 14.2 Å². The molecule has 0 aliphatic carbocycles. The zero-order chi connectivity index (χ0) is 18.0. The van der Waals surface area contributed by atoms with Crippen LogP contribution in [0.5, 0.6) is 11.5 Å². The van der Waals surface area contributed by atoms with Crippen molar-refractivity contribution in [3.63, 3.8) is 0 Å². The van der Waals surface area contributed by atoms with Crippen LogP contribution in [0.25, 0.3) is 0 Å². The van der Waals surface area contributed by atoms with E-state index in [4.69, 9.17) is 14.2 Å². The monoisotopic (exact) mass is 363 g/mol. The Bertz CT molecular complexity index is 923. The lowest BCUT2D eigenvalue weighted by atomic mass is 10.1. The maximum atomic E-state index is 12.7. The van der Waals surface area contributed by atoms with Crippen molar-refractivity contribution in [1.82, 2.24) is 0 Å². The molecular weight excluding hydrogens is 346 g/mol. The third-order valence-electron chi connectivity index (χ3n) is 3.81. The van der Waals surface area contributed by atoms with E-state index < -0.39 is 16.0 Å². The summed E-state index contributed by atoms with van der Waals surface area (Å²) in [5.74, 6) is 0.362. The maximum Gasteiger partial charge on any atom is 0.338 e. The zero-order valence-electron chi connectivity index (χ0n) is 13.7. The second-order valence-corrected chi connectivity index (χ2v) is 7.06. The molecule has 2 aromatic carbocycles. The number of nitrogens with one attached hydrogen (secondary N) is 1. The fourth-order valence-electron chi connectivity index (χ4n) is 2.47. The Morgan fingerprint density at radius 2 is 1.84 bits per heavy atom. The lowest BCUT2D eigenvalue weighted by Gasteiger charge is -2.19. The van der Waals surface area contributed by atoms with Crippen molar-refractivity contribution >= 4 is 21.7 Å². The average Bonchev–Trinajstić information content (AvgIpc) is 2.62. The molecule has 0 aromatic heterocycles. The molecule has 0 amide bonds. The van der Waals surface area contributed by atoms with E-state index in [0.29, 0.717) is 41.5 Å². The number of fused-ring (bicyclic) bond motifs is 1. The van der Waals surface area contributed by atoms with Gasteiger partial charge in [0.05, 0.1) is 23.3 Å². The van der Waals surface area contributed by atoms with E-state index >= 15 is 0 Å². The summed E-state index contributed by atoms with van der Waals surface area (Å²) in [5.41, 5.74) is 1.08. The lowest BCUT2D eigenvalue weighted by molar-refractivity contribution is 0.0600. The van der Waals surface area contributed by atoms with Gasteiger partial charge in [-0.1, -0.05) is 6.07 Å². The molecule has 0 atom stereocenters. The number of anilines is 1. The summed E-state index contributed by atoms with van der Waals surface area (Å²) in [5, 5.41) is 0. The minimum atomic E-state index is -3.86. The Balaban J connectivity index is 1.93. The third kappa shape index (κ3) is 3.39. The highest BCUT2D eigenvalue weighted by Gasteiger charge is 2.21. The highest BCUT2D eigenvalue weighted by atomic mass is 32.2. The molecule has 132 valence electrons. The van der Waals surface area contributed by atoms with Gasteiger partial charge in [0, 0.05) is 6.07 Å². The highest BCUT2D eigenvalue weighted by Crippen LogP contribution is 2.33. The van der Waals surface area contributed by atoms with Gasteiger partial charge in [0.1, 0.15) is 13.2 Å². The molecule has 1 aliphatic heterocycles. The molecule has 1 heterocycles. The first-order chi connectivity index (χ1) is 11.9. The summed E-state index contributed by atoms with van der Waals surface area (Å²) in [7, 11) is -2.58. The van der Waals surface area contributed by atoms with Crippen LogP contribution in [-0.2, 0) is 14.8 Å². The normalized spacial score (nSPS) is 13.2. The van der Waals surface area contributed by atoms with Gasteiger partial charge in [0.25, 0.3) is 10.0 Å². The van der Waals surface area contributed by atoms with Gasteiger partial charge in [-0.25, -0.2) is 13.2 Å². The summed E-state index contributed by atoms with van der Waals surface area (Å²) in [4.78, 5) is 11.8. The SMILES string of the molecule is COC(=O)c1cccc(NS(=O)(=O)c2ccc3c(c2)OCCO3)c1C. The highest BCUT2D eigenvalue weighted by molar-refractivity contribution is 7.92. The largest absolute Gasteiger partial charge is 0.486 e. The molecule has 0 saturated heterocycles. The van der Waals surface area contributed by atoms with Crippen molar-refractivity contribution in [2.24, 2.45) is 0 Å². The number of ether oxygens (including phenoxy) is 3. The van der Waals surface area contributed by atoms with Gasteiger partial charge >= 0.3 is 5.97 Å². The Hall–Kier alpha value is -2.74. The van der Waals surface area contributed by atoms with Crippen LogP contribution >= 0.6 is 0 Å². The number of hydrogen-bond acceptors (Lipinski definition) is 6. The Labute approximate surface area is 145 Å². The number of methoxy groups -OCH3 is 1. The minimum absolute atomic E-state index is 0.0413. The standard InChI is InChI=1S/C17H17NO6S/c1-11-13(17(19)22-2)4-3-5-14(11)18-25(20,21)12-6-7-15-16(10-12)24-9-8-23-15/h3-7,10,18H,8-9H2,1-2H3. The van der Waals surface area contributed by atoms with Gasteiger partial charge in [0.2, 0.25) is 0 Å². The van der Waals surface area contributed by atoms with E-state index in [0.717, 1.165) is 0 Å². The zero-order valence-corrected chi connectivity index (χ0v) is 14.6. The van der Waals surface area contributed by atoms with Crippen LogP contribution in [0.4, 0.5) is 5.69 Å². The van der Waals surface area contributed by atoms with Crippen LogP contribution in [0.15, 0.2) is 41.3 Å². The average molecular weight is 363 g/mol. The molecule has 1 N–H and O–H groups in total. The summed E-state index contributed by atoms with van der Waals surface area (Å²) in [6, 6.07) is 9.15. The predicted molar refractivity (Wildman–Crippen MR) is 90.8 cm³/mol. The van der Waals surface area contributed by atoms with Crippen LogP contribution in [0.3, 0.4) is 0 Å². The molecule has 8 heteroatoms. The minimum Gasteiger partial charge on any atom is -0.486 e. The molecule has 0 bridgehead atoms. The van der Waals surface area contributed by atoms with Crippen LogP contribution in [0.1, 0.15) is 15.9 Å². The van der Waals surface area contributed by atoms with Crippen molar-refractivity contribution in [3.05, 3.63) is 47.5 Å². The molecule has 0 fully saturated rings.